The fraction of sp³-hybridized carbons (Fsp3) is 0.500. The molecule has 4 rings (SSSR count). The summed E-state index contributed by atoms with van der Waals surface area (Å²) in [6, 6.07) is 0.00702. The summed E-state index contributed by atoms with van der Waals surface area (Å²) in [6.45, 7) is 2.86. The van der Waals surface area contributed by atoms with Crippen LogP contribution in [0.4, 0.5) is 8.78 Å². The molecule has 1 aliphatic carbocycles. The summed E-state index contributed by atoms with van der Waals surface area (Å²) >= 11 is 0. The number of nitrogens with zero attached hydrogens (tertiary/aromatic N) is 3. The lowest BCUT2D eigenvalue weighted by Crippen LogP contribution is -2.58. The first-order chi connectivity index (χ1) is 14.6. The van der Waals surface area contributed by atoms with Crippen LogP contribution in [0.2, 0.25) is 0 Å². The minimum atomic E-state index is -2.86. The van der Waals surface area contributed by atoms with Gasteiger partial charge in [0.25, 0.3) is 11.8 Å². The normalized spacial score (nSPS) is 18.0. The van der Waals surface area contributed by atoms with Gasteiger partial charge in [0.2, 0.25) is 11.5 Å². The monoisotopic (exact) mass is 436 g/mol. The lowest BCUT2D eigenvalue weighted by molar-refractivity contribution is -0.686. The summed E-state index contributed by atoms with van der Waals surface area (Å²) in [7, 11) is 0. The van der Waals surface area contributed by atoms with Gasteiger partial charge in [0.15, 0.2) is 0 Å². The molecule has 0 unspecified atom stereocenters. The number of carbonyl (C=O) groups is 2. The summed E-state index contributed by atoms with van der Waals surface area (Å²) in [5.74, 6) is -4.47. The van der Waals surface area contributed by atoms with E-state index in [1.165, 1.54) is 16.8 Å². The highest BCUT2D eigenvalue weighted by Gasteiger charge is 2.45. The van der Waals surface area contributed by atoms with E-state index in [-0.39, 0.29) is 23.2 Å². The zero-order valence-electron chi connectivity index (χ0n) is 17.2. The molecule has 9 nitrogen and oxygen atoms in total. The van der Waals surface area contributed by atoms with Gasteiger partial charge in [-0.25, -0.2) is 18.7 Å². The van der Waals surface area contributed by atoms with Crippen molar-refractivity contribution >= 4 is 23.5 Å². The molecule has 0 aromatic carbocycles. The fourth-order valence-corrected chi connectivity index (χ4v) is 3.54. The molecule has 0 atom stereocenters. The number of hydrogen-bond donors (Lipinski definition) is 3. The van der Waals surface area contributed by atoms with Crippen molar-refractivity contribution in [3.8, 4) is 5.88 Å². The summed E-state index contributed by atoms with van der Waals surface area (Å²) in [4.78, 5) is 38.6. The molecule has 3 N–H and O–H groups in total. The zero-order valence-corrected chi connectivity index (χ0v) is 17.2. The third-order valence-corrected chi connectivity index (χ3v) is 5.22. The van der Waals surface area contributed by atoms with Crippen LogP contribution in [-0.2, 0) is 11.3 Å². The molecule has 0 radical (unpaired) electrons. The number of H-pyrrole nitrogens is 1. The van der Waals surface area contributed by atoms with Gasteiger partial charge in [0, 0.05) is 12.1 Å². The summed E-state index contributed by atoms with van der Waals surface area (Å²) in [5, 5.41) is 16.3. The van der Waals surface area contributed by atoms with Gasteiger partial charge in [-0.1, -0.05) is 18.4 Å². The number of alkyl halides is 2. The van der Waals surface area contributed by atoms with E-state index < -0.39 is 42.3 Å². The number of nitrogens with one attached hydrogen (secondary N) is 2. The first-order valence-corrected chi connectivity index (χ1v) is 10.1. The Bertz CT molecular complexity index is 1140. The Labute approximate surface area is 175 Å². The minimum Gasteiger partial charge on any atom is -0.477 e. The molecular formula is C20H24F2N5O4+. The molecule has 2 aliphatic rings. The van der Waals surface area contributed by atoms with E-state index in [2.05, 4.69) is 10.4 Å². The van der Waals surface area contributed by atoms with Gasteiger partial charge in [0.05, 0.1) is 31.4 Å². The number of likely N-dealkylation sites (tertiary alicyclic amines) is 1. The zero-order chi connectivity index (χ0) is 22.5. The predicted molar refractivity (Wildman–Crippen MR) is 106 cm³/mol. The van der Waals surface area contributed by atoms with E-state index in [0.717, 1.165) is 28.3 Å². The van der Waals surface area contributed by atoms with Crippen LogP contribution in [0.25, 0.3) is 11.7 Å². The van der Waals surface area contributed by atoms with Crippen molar-refractivity contribution < 1.29 is 28.0 Å². The standard InChI is InChI=1S/C20H23F2N5O4/c1-11(2)8-26-17-12(3-6-14(28)25-9-20(21,22)10-25)7-23-27(17)19(31)15(18(26)30)16(29)24-13-4-5-13/h3,6-7,11,13H,4-5,8-10H2,1-2H3,(H2,24,29,30,31)/p+1/b6-3+. The van der Waals surface area contributed by atoms with Gasteiger partial charge in [-0.3, -0.25) is 9.59 Å². The number of rotatable bonds is 6. The molecule has 0 spiro atoms. The molecule has 1 aliphatic heterocycles. The second-order valence-corrected chi connectivity index (χ2v) is 8.53. The van der Waals surface area contributed by atoms with Crippen LogP contribution >= 0.6 is 0 Å². The van der Waals surface area contributed by atoms with Crippen LogP contribution in [0.3, 0.4) is 0 Å². The van der Waals surface area contributed by atoms with Gasteiger partial charge in [-0.05, 0) is 24.8 Å². The molecular weight excluding hydrogens is 412 g/mol. The number of hydrogen-bond acceptors (Lipinski definition) is 4. The van der Waals surface area contributed by atoms with Crippen LogP contribution in [0.15, 0.2) is 17.1 Å². The number of amides is 2. The van der Waals surface area contributed by atoms with Crippen LogP contribution in [0, 0.1) is 5.92 Å². The van der Waals surface area contributed by atoms with Gasteiger partial charge in [0.1, 0.15) is 0 Å². The van der Waals surface area contributed by atoms with Crippen LogP contribution in [0.1, 0.15) is 42.6 Å². The maximum absolute atomic E-state index is 13.0. The number of fused-ring (bicyclic) bond motifs is 1. The van der Waals surface area contributed by atoms with Crippen LogP contribution in [-0.4, -0.2) is 56.5 Å². The molecule has 2 amide bonds. The van der Waals surface area contributed by atoms with Gasteiger partial charge in [-0.2, -0.15) is 4.57 Å². The predicted octanol–water partition coefficient (Wildman–Crippen LogP) is 0.660. The summed E-state index contributed by atoms with van der Waals surface area (Å²) < 4.78 is 28.6. The molecule has 0 bridgehead atoms. The molecule has 2 fully saturated rings. The molecule has 1 saturated carbocycles. The van der Waals surface area contributed by atoms with Crippen molar-refractivity contribution in [2.45, 2.75) is 45.2 Å². The first kappa shape index (κ1) is 21.0. The summed E-state index contributed by atoms with van der Waals surface area (Å²) in [6.07, 6.45) is 5.65. The Morgan fingerprint density at radius 3 is 2.65 bits per heavy atom. The second-order valence-electron chi connectivity index (χ2n) is 8.53. The third-order valence-electron chi connectivity index (χ3n) is 5.22. The van der Waals surface area contributed by atoms with E-state index in [1.807, 2.05) is 13.8 Å². The Morgan fingerprint density at radius 1 is 1.39 bits per heavy atom. The molecule has 3 heterocycles. The van der Waals surface area contributed by atoms with E-state index in [4.69, 9.17) is 0 Å². The second kappa shape index (κ2) is 7.47. The average molecular weight is 436 g/mol. The smallest absolute Gasteiger partial charge is 0.378 e. The Kier molecular flexibility index (Phi) is 5.06. The number of aromatic nitrogens is 3. The molecule has 1 saturated heterocycles. The highest BCUT2D eigenvalue weighted by atomic mass is 19.3. The van der Waals surface area contributed by atoms with Crippen molar-refractivity contribution in [2.24, 2.45) is 5.92 Å². The Morgan fingerprint density at radius 2 is 2.06 bits per heavy atom. The molecule has 11 heteroatoms. The average Bonchev–Trinajstić information content (AvgIpc) is 3.36. The Hall–Kier alpha value is -3.24. The third kappa shape index (κ3) is 4.04. The lowest BCUT2D eigenvalue weighted by atomic mass is 10.1. The number of carbonyl (C=O) groups excluding carboxylic acids is 2. The fourth-order valence-electron chi connectivity index (χ4n) is 3.54. The van der Waals surface area contributed by atoms with Gasteiger partial charge >= 0.3 is 17.1 Å². The van der Waals surface area contributed by atoms with Gasteiger partial charge < -0.3 is 15.3 Å². The first-order valence-electron chi connectivity index (χ1n) is 10.1. The molecule has 166 valence electrons. The topological polar surface area (TPSA) is 111 Å². The highest BCUT2D eigenvalue weighted by molar-refractivity contribution is 5.96. The highest BCUT2D eigenvalue weighted by Crippen LogP contribution is 2.27. The lowest BCUT2D eigenvalue weighted by Gasteiger charge is -2.37. The molecule has 31 heavy (non-hydrogen) atoms. The maximum atomic E-state index is 13.0. The van der Waals surface area contributed by atoms with Crippen molar-refractivity contribution in [2.75, 3.05) is 13.1 Å². The van der Waals surface area contributed by atoms with Crippen LogP contribution < -0.4 is 15.4 Å². The van der Waals surface area contributed by atoms with E-state index in [0.29, 0.717) is 12.1 Å². The minimum absolute atomic E-state index is 0.00702. The van der Waals surface area contributed by atoms with Crippen molar-refractivity contribution in [3.63, 3.8) is 0 Å². The van der Waals surface area contributed by atoms with Gasteiger partial charge in [-0.15, -0.1) is 0 Å². The molecule has 2 aromatic heterocycles. The largest absolute Gasteiger partial charge is 0.477 e. The Balaban J connectivity index is 1.74. The summed E-state index contributed by atoms with van der Waals surface area (Å²) in [5.41, 5.74) is -0.430. The van der Waals surface area contributed by atoms with E-state index in [1.54, 1.807) is 0 Å². The number of aromatic hydroxyl groups is 1. The van der Waals surface area contributed by atoms with Crippen LogP contribution in [0.5, 0.6) is 5.88 Å². The quantitative estimate of drug-likeness (QED) is 0.456. The maximum Gasteiger partial charge on any atom is 0.378 e. The van der Waals surface area contributed by atoms with Crippen molar-refractivity contribution in [1.82, 2.24) is 19.8 Å². The van der Waals surface area contributed by atoms with E-state index in [9.17, 15) is 28.3 Å². The number of aromatic amines is 1. The molecule has 2 aromatic rings. The van der Waals surface area contributed by atoms with Crippen molar-refractivity contribution in [3.05, 3.63) is 33.8 Å². The number of halogens is 2. The SMILES string of the molecule is CC(C)C[n+]1c(O)c(C(=O)NC2CC2)c(=O)n2[nH]cc(/C=C/C(=O)N3CC(F)(F)C3)c21. The van der Waals surface area contributed by atoms with Crippen molar-refractivity contribution in [1.29, 1.82) is 0 Å². The van der Waals surface area contributed by atoms with E-state index >= 15 is 0 Å².